The molecule has 3 aromatic carbocycles. The van der Waals surface area contributed by atoms with Crippen molar-refractivity contribution < 1.29 is 20.1 Å². The van der Waals surface area contributed by atoms with Crippen molar-refractivity contribution in [1.82, 2.24) is 0 Å². The summed E-state index contributed by atoms with van der Waals surface area (Å²) in [6.07, 6.45) is 28.4. The van der Waals surface area contributed by atoms with E-state index >= 15 is 0 Å². The van der Waals surface area contributed by atoms with E-state index < -0.39 is 8.07 Å². The molecule has 0 atom stereocenters. The molecule has 0 unspecified atom stereocenters. The van der Waals surface area contributed by atoms with E-state index in [-0.39, 0.29) is 35.0 Å². The fourth-order valence-corrected chi connectivity index (χ4v) is 6.30. The molecule has 0 spiro atoms. The SMILES string of the molecule is C1=CCC/C=C\CC1.[C-](=Cc1ccccc1N[PH+](c1ccccc1)c1ccccc1)C1=CCCC=C1.[CH3-].[CH3-].[Ir+3]. The van der Waals surface area contributed by atoms with Crippen molar-refractivity contribution in [2.75, 3.05) is 5.09 Å². The first-order valence-corrected chi connectivity index (χ1v) is 14.5. The van der Waals surface area contributed by atoms with Gasteiger partial charge in [-0.25, -0.2) is 0 Å². The maximum absolute atomic E-state index is 3.86. The van der Waals surface area contributed by atoms with Gasteiger partial charge in [0, 0.05) is 5.69 Å². The number of para-hydroxylation sites is 1. The smallest absolute Gasteiger partial charge is 0.358 e. The van der Waals surface area contributed by atoms with Gasteiger partial charge in [0.1, 0.15) is 10.6 Å². The summed E-state index contributed by atoms with van der Waals surface area (Å²) in [5, 5.41) is 6.55. The van der Waals surface area contributed by atoms with Crippen LogP contribution in [-0.2, 0) is 20.1 Å². The standard InChI is InChI=1S/C26H23NP.C8H12.2CH3.Ir/c1-4-12-22(13-5-1)20-21-23-14-10-11-19-26(23)27-28(24-15-6-2-7-16-24)25-17-8-3-9-18-25;1-2-4-6-8-7-5-3-1;;;/h2-4,6-19,21,27H,1,5H2;1-2,7-8H,3-6H2;2*1H3;/q-1;;2*-1;+3/p+1/b;2-1-,8-7?;;;. The fraction of sp³-hybridized carbons (Fsp3) is 0.167. The molecule has 1 nitrogen and oxygen atoms in total. The monoisotopic (exact) mass is 712 g/mol. The van der Waals surface area contributed by atoms with Crippen molar-refractivity contribution in [3.63, 3.8) is 0 Å². The van der Waals surface area contributed by atoms with Gasteiger partial charge >= 0.3 is 20.1 Å². The Labute approximate surface area is 252 Å². The summed E-state index contributed by atoms with van der Waals surface area (Å²) >= 11 is 0. The number of benzene rings is 3. The van der Waals surface area contributed by atoms with E-state index in [4.69, 9.17) is 0 Å². The molecule has 204 valence electrons. The number of rotatable bonds is 6. The average Bonchev–Trinajstić information content (AvgIpc) is 2.93. The predicted molar refractivity (Wildman–Crippen MR) is 174 cm³/mol. The van der Waals surface area contributed by atoms with Gasteiger partial charge in [-0.15, -0.1) is 24.3 Å². The van der Waals surface area contributed by atoms with Crippen molar-refractivity contribution in [2.24, 2.45) is 0 Å². The minimum atomic E-state index is -1.14. The number of nitrogens with one attached hydrogen (secondary N) is 1. The maximum atomic E-state index is 3.86. The van der Waals surface area contributed by atoms with Crippen molar-refractivity contribution in [3.8, 4) is 0 Å². The summed E-state index contributed by atoms with van der Waals surface area (Å²) in [6.45, 7) is 0. The third-order valence-corrected chi connectivity index (χ3v) is 8.41. The normalized spacial score (nSPS) is 14.7. The molecule has 3 aromatic rings. The molecule has 5 rings (SSSR count). The first kappa shape index (κ1) is 34.3. The molecule has 2 aliphatic rings. The van der Waals surface area contributed by atoms with Gasteiger partial charge < -0.3 is 14.9 Å². The number of anilines is 1. The largest absolute Gasteiger partial charge is 3.00 e. The van der Waals surface area contributed by atoms with Crippen molar-refractivity contribution in [1.29, 1.82) is 0 Å². The molecule has 0 aliphatic heterocycles. The van der Waals surface area contributed by atoms with Gasteiger partial charge in [-0.2, -0.15) is 11.6 Å². The minimum absolute atomic E-state index is 0. The molecule has 2 aliphatic carbocycles. The summed E-state index contributed by atoms with van der Waals surface area (Å²) in [6, 6.07) is 30.0. The van der Waals surface area contributed by atoms with E-state index in [1.165, 1.54) is 36.3 Å². The topological polar surface area (TPSA) is 12.0 Å². The maximum Gasteiger partial charge on any atom is 3.00 e. The van der Waals surface area contributed by atoms with Crippen LogP contribution >= 0.6 is 8.07 Å². The van der Waals surface area contributed by atoms with Crippen molar-refractivity contribution >= 4 is 30.4 Å². The Balaban J connectivity index is 0.000000600. The molecule has 0 amide bonds. The van der Waals surface area contributed by atoms with E-state index in [0.717, 1.165) is 29.7 Å². The van der Waals surface area contributed by atoms with Crippen LogP contribution in [0.1, 0.15) is 44.1 Å². The Hall–Kier alpha value is -2.76. The molecule has 0 radical (unpaired) electrons. The quantitative estimate of drug-likeness (QED) is 0.153. The number of hydrogen-bond donors (Lipinski definition) is 1. The molecular weight excluding hydrogens is 670 g/mol. The third-order valence-electron chi connectivity index (χ3n) is 6.07. The summed E-state index contributed by atoms with van der Waals surface area (Å²) < 4.78 is 0. The number of allylic oxidation sites excluding steroid dienone is 9. The predicted octanol–water partition coefficient (Wildman–Crippen LogP) is 9.54. The Morgan fingerprint density at radius 3 is 1.59 bits per heavy atom. The van der Waals surface area contributed by atoms with Gasteiger partial charge in [0.2, 0.25) is 0 Å². The van der Waals surface area contributed by atoms with Crippen LogP contribution in [0.5, 0.6) is 0 Å². The minimum Gasteiger partial charge on any atom is -0.358 e. The van der Waals surface area contributed by atoms with E-state index in [1.54, 1.807) is 0 Å². The van der Waals surface area contributed by atoms with E-state index in [9.17, 15) is 0 Å². The zero-order chi connectivity index (χ0) is 24.7. The molecule has 0 heterocycles. The molecule has 0 saturated heterocycles. The van der Waals surface area contributed by atoms with E-state index in [1.807, 2.05) is 0 Å². The summed E-state index contributed by atoms with van der Waals surface area (Å²) in [5.41, 5.74) is 3.48. The first-order chi connectivity index (χ1) is 17.9. The van der Waals surface area contributed by atoms with Gasteiger partial charge in [-0.3, -0.25) is 5.09 Å². The van der Waals surface area contributed by atoms with Crippen LogP contribution in [0.25, 0.3) is 6.08 Å². The van der Waals surface area contributed by atoms with E-state index in [2.05, 4.69) is 145 Å². The van der Waals surface area contributed by atoms with Gasteiger partial charge in [0.15, 0.2) is 8.07 Å². The Kier molecular flexibility index (Phi) is 17.7. The molecule has 1 N–H and O–H groups in total. The average molecular weight is 712 g/mol. The van der Waals surface area contributed by atoms with E-state index in [0.29, 0.717) is 0 Å². The zero-order valence-electron chi connectivity index (χ0n) is 23.3. The van der Waals surface area contributed by atoms with Crippen LogP contribution in [-0.4, -0.2) is 0 Å². The Bertz CT molecular complexity index is 1140. The summed E-state index contributed by atoms with van der Waals surface area (Å²) in [4.78, 5) is 0. The van der Waals surface area contributed by atoms with Crippen molar-refractivity contribution in [3.05, 3.63) is 160 Å². The van der Waals surface area contributed by atoms with Crippen LogP contribution < -0.4 is 15.7 Å². The first-order valence-electron chi connectivity index (χ1n) is 13.0. The van der Waals surface area contributed by atoms with Crippen LogP contribution in [0, 0.1) is 20.9 Å². The van der Waals surface area contributed by atoms with Gasteiger partial charge in [0.25, 0.3) is 0 Å². The van der Waals surface area contributed by atoms with Crippen LogP contribution in [0.4, 0.5) is 5.69 Å². The van der Waals surface area contributed by atoms with Crippen LogP contribution in [0.15, 0.2) is 133 Å². The van der Waals surface area contributed by atoms with Crippen molar-refractivity contribution in [2.45, 2.75) is 38.5 Å². The Morgan fingerprint density at radius 2 is 1.08 bits per heavy atom. The summed E-state index contributed by atoms with van der Waals surface area (Å²) in [7, 11) is -1.14. The van der Waals surface area contributed by atoms with Gasteiger partial charge in [0.05, 0.1) is 0 Å². The molecule has 3 heteroatoms. The molecule has 0 bridgehead atoms. The van der Waals surface area contributed by atoms with Crippen LogP contribution in [0.2, 0.25) is 0 Å². The molecule has 0 fully saturated rings. The summed E-state index contributed by atoms with van der Waals surface area (Å²) in [5.74, 6) is 0. The number of hydrogen-bond acceptors (Lipinski definition) is 1. The second-order valence-corrected chi connectivity index (χ2v) is 11.0. The zero-order valence-corrected chi connectivity index (χ0v) is 26.7. The van der Waals surface area contributed by atoms with Gasteiger partial charge in [-0.05, 0) is 62.4 Å². The second kappa shape index (κ2) is 20.2. The molecule has 0 saturated carbocycles. The fourth-order valence-electron chi connectivity index (χ4n) is 4.13. The molecule has 0 aromatic heterocycles. The molecular formula is C36H42IrNP+. The van der Waals surface area contributed by atoms with Crippen LogP contribution in [0.3, 0.4) is 0 Å². The Morgan fingerprint density at radius 1 is 0.590 bits per heavy atom. The second-order valence-electron chi connectivity index (χ2n) is 8.84. The third kappa shape index (κ3) is 11.9. The van der Waals surface area contributed by atoms with Gasteiger partial charge in [-0.1, -0.05) is 90.9 Å². The molecule has 39 heavy (non-hydrogen) atoms.